The lowest BCUT2D eigenvalue weighted by Gasteiger charge is -2.29. The van der Waals surface area contributed by atoms with Gasteiger partial charge < -0.3 is 10.0 Å². The van der Waals surface area contributed by atoms with E-state index in [9.17, 15) is 4.79 Å². The summed E-state index contributed by atoms with van der Waals surface area (Å²) in [4.78, 5) is 12.7. The van der Waals surface area contributed by atoms with Crippen LogP contribution in [0.3, 0.4) is 0 Å². The number of anilines is 1. The Balaban J connectivity index is 2.99. The highest BCUT2D eigenvalue weighted by molar-refractivity contribution is 9.10. The van der Waals surface area contributed by atoms with Gasteiger partial charge in [-0.2, -0.15) is 5.26 Å². The van der Waals surface area contributed by atoms with Crippen molar-refractivity contribution in [2.75, 3.05) is 11.4 Å². The third-order valence-corrected chi connectivity index (χ3v) is 3.21. The molecule has 0 unspecified atom stereocenters. The number of carboxylic acids is 1. The highest BCUT2D eigenvalue weighted by atomic mass is 79.9. The van der Waals surface area contributed by atoms with Crippen molar-refractivity contribution >= 4 is 27.6 Å². The average Bonchev–Trinajstić information content (AvgIpc) is 2.30. The lowest BCUT2D eigenvalue weighted by atomic mass is 10.1. The van der Waals surface area contributed by atoms with Gasteiger partial charge in [-0.1, -0.05) is 0 Å². The molecule has 1 N–H and O–H groups in total. The molecule has 4 nitrogen and oxygen atoms in total. The molecule has 0 fully saturated rings. The molecule has 0 amide bonds. The van der Waals surface area contributed by atoms with Gasteiger partial charge in [-0.15, -0.1) is 0 Å². The van der Waals surface area contributed by atoms with Gasteiger partial charge in [0.15, 0.2) is 0 Å². The van der Waals surface area contributed by atoms with Crippen molar-refractivity contribution in [1.82, 2.24) is 0 Å². The normalized spacial score (nSPS) is 10.2. The van der Waals surface area contributed by atoms with Gasteiger partial charge in [0.05, 0.1) is 23.7 Å². The number of benzene rings is 1. The van der Waals surface area contributed by atoms with E-state index in [-0.39, 0.29) is 12.5 Å². The lowest BCUT2D eigenvalue weighted by Crippen LogP contribution is -2.33. The summed E-state index contributed by atoms with van der Waals surface area (Å²) in [7, 11) is 0. The van der Waals surface area contributed by atoms with Crippen LogP contribution in [0.2, 0.25) is 0 Å². The first-order valence-electron chi connectivity index (χ1n) is 5.63. The highest BCUT2D eigenvalue weighted by Crippen LogP contribution is 2.28. The van der Waals surface area contributed by atoms with Crippen molar-refractivity contribution in [2.45, 2.75) is 26.3 Å². The second-order valence-corrected chi connectivity index (χ2v) is 5.06. The van der Waals surface area contributed by atoms with E-state index < -0.39 is 5.97 Å². The number of hydrogen-bond donors (Lipinski definition) is 1. The predicted molar refractivity (Wildman–Crippen MR) is 73.6 cm³/mol. The Morgan fingerprint density at radius 3 is 2.67 bits per heavy atom. The van der Waals surface area contributed by atoms with E-state index in [1.807, 2.05) is 24.8 Å². The van der Waals surface area contributed by atoms with Gasteiger partial charge in [0.25, 0.3) is 0 Å². The Morgan fingerprint density at radius 1 is 1.56 bits per heavy atom. The number of nitrogens with zero attached hydrogens (tertiary/aromatic N) is 2. The van der Waals surface area contributed by atoms with Gasteiger partial charge in [0, 0.05) is 17.1 Å². The third kappa shape index (κ3) is 3.74. The van der Waals surface area contributed by atoms with E-state index in [2.05, 4.69) is 22.0 Å². The summed E-state index contributed by atoms with van der Waals surface area (Å²) in [6.07, 6.45) is 0.0879. The Hall–Kier alpha value is -1.54. The number of carbonyl (C=O) groups is 1. The van der Waals surface area contributed by atoms with Gasteiger partial charge in [0.2, 0.25) is 0 Å². The number of nitriles is 1. The first-order chi connectivity index (χ1) is 8.45. The molecule has 0 heterocycles. The topological polar surface area (TPSA) is 64.3 Å². The van der Waals surface area contributed by atoms with E-state index in [0.717, 1.165) is 10.2 Å². The maximum Gasteiger partial charge on any atom is 0.305 e. The molecule has 0 aliphatic heterocycles. The van der Waals surface area contributed by atoms with Crippen LogP contribution in [-0.2, 0) is 4.79 Å². The molecular formula is C13H15BrN2O2. The van der Waals surface area contributed by atoms with Gasteiger partial charge in [-0.25, -0.2) is 0 Å². The molecule has 0 aliphatic carbocycles. The number of aliphatic carboxylic acids is 1. The number of halogens is 1. The molecule has 18 heavy (non-hydrogen) atoms. The van der Waals surface area contributed by atoms with Crippen LogP contribution in [0.5, 0.6) is 0 Å². The summed E-state index contributed by atoms with van der Waals surface area (Å²) in [5, 5.41) is 17.6. The summed E-state index contributed by atoms with van der Waals surface area (Å²) < 4.78 is 0.806. The zero-order valence-electron chi connectivity index (χ0n) is 10.4. The van der Waals surface area contributed by atoms with Crippen LogP contribution in [0.15, 0.2) is 22.7 Å². The lowest BCUT2D eigenvalue weighted by molar-refractivity contribution is -0.136. The van der Waals surface area contributed by atoms with E-state index in [0.29, 0.717) is 12.1 Å². The van der Waals surface area contributed by atoms with Crippen LogP contribution < -0.4 is 4.90 Å². The van der Waals surface area contributed by atoms with Crippen molar-refractivity contribution in [3.63, 3.8) is 0 Å². The number of carboxylic acid groups (broad SMARTS) is 1. The van der Waals surface area contributed by atoms with Crippen molar-refractivity contribution < 1.29 is 9.90 Å². The summed E-state index contributed by atoms with van der Waals surface area (Å²) in [6, 6.07) is 7.57. The molecule has 0 radical (unpaired) electrons. The first kappa shape index (κ1) is 14.5. The summed E-state index contributed by atoms with van der Waals surface area (Å²) >= 11 is 3.42. The van der Waals surface area contributed by atoms with Crippen molar-refractivity contribution in [2.24, 2.45) is 0 Å². The second-order valence-electron chi connectivity index (χ2n) is 4.21. The SMILES string of the molecule is CC(C)N(CCC(=O)O)c1ccc(C#N)cc1Br. The smallest absolute Gasteiger partial charge is 0.305 e. The fraction of sp³-hybridized carbons (Fsp3) is 0.385. The Morgan fingerprint density at radius 2 is 2.22 bits per heavy atom. The maximum atomic E-state index is 10.7. The Kier molecular flexibility index (Phi) is 5.17. The highest BCUT2D eigenvalue weighted by Gasteiger charge is 2.15. The average molecular weight is 311 g/mol. The molecule has 5 heteroatoms. The molecule has 0 aliphatic rings. The molecule has 0 aromatic heterocycles. The van der Waals surface area contributed by atoms with Gasteiger partial charge >= 0.3 is 5.97 Å². The molecule has 1 rings (SSSR count). The summed E-state index contributed by atoms with van der Waals surface area (Å²) in [6.45, 7) is 4.45. The molecule has 1 aromatic carbocycles. The zero-order chi connectivity index (χ0) is 13.7. The number of rotatable bonds is 5. The minimum Gasteiger partial charge on any atom is -0.481 e. The van der Waals surface area contributed by atoms with Crippen LogP contribution in [0, 0.1) is 11.3 Å². The zero-order valence-corrected chi connectivity index (χ0v) is 11.9. The monoisotopic (exact) mass is 310 g/mol. The maximum absolute atomic E-state index is 10.7. The molecule has 0 atom stereocenters. The van der Waals surface area contributed by atoms with Crippen molar-refractivity contribution in [1.29, 1.82) is 5.26 Å². The van der Waals surface area contributed by atoms with Gasteiger partial charge in [0.1, 0.15) is 0 Å². The standard InChI is InChI=1S/C13H15BrN2O2/c1-9(2)16(6-5-13(17)18)12-4-3-10(8-15)7-11(12)14/h3-4,7,9H,5-6H2,1-2H3,(H,17,18). The first-order valence-corrected chi connectivity index (χ1v) is 6.43. The van der Waals surface area contributed by atoms with Crippen LogP contribution in [-0.4, -0.2) is 23.7 Å². The largest absolute Gasteiger partial charge is 0.481 e. The Bertz CT molecular complexity index is 480. The van der Waals surface area contributed by atoms with E-state index in [1.165, 1.54) is 0 Å². The molecule has 1 aromatic rings. The predicted octanol–water partition coefficient (Wildman–Crippen LogP) is 3.01. The Labute approximate surface area is 115 Å². The van der Waals surface area contributed by atoms with Crippen LogP contribution in [0.1, 0.15) is 25.8 Å². The fourth-order valence-electron chi connectivity index (χ4n) is 1.68. The van der Waals surface area contributed by atoms with Crippen molar-refractivity contribution in [3.05, 3.63) is 28.2 Å². The minimum atomic E-state index is -0.814. The van der Waals surface area contributed by atoms with Gasteiger partial charge in [-0.3, -0.25) is 4.79 Å². The molecule has 0 spiro atoms. The van der Waals surface area contributed by atoms with Crippen LogP contribution in [0.25, 0.3) is 0 Å². The third-order valence-electron chi connectivity index (χ3n) is 2.58. The molecular weight excluding hydrogens is 296 g/mol. The summed E-state index contributed by atoms with van der Waals surface area (Å²) in [5.41, 5.74) is 1.48. The van der Waals surface area contributed by atoms with Crippen LogP contribution in [0.4, 0.5) is 5.69 Å². The molecule has 0 saturated carbocycles. The van der Waals surface area contributed by atoms with Crippen molar-refractivity contribution in [3.8, 4) is 6.07 Å². The molecule has 96 valence electrons. The minimum absolute atomic E-state index is 0.0879. The second kappa shape index (κ2) is 6.41. The van der Waals surface area contributed by atoms with E-state index in [4.69, 9.17) is 10.4 Å². The molecule has 0 bridgehead atoms. The quantitative estimate of drug-likeness (QED) is 0.908. The van der Waals surface area contributed by atoms with E-state index in [1.54, 1.807) is 12.1 Å². The van der Waals surface area contributed by atoms with E-state index >= 15 is 0 Å². The molecule has 0 saturated heterocycles. The fourth-order valence-corrected chi connectivity index (χ4v) is 2.29. The number of hydrogen-bond acceptors (Lipinski definition) is 3. The van der Waals surface area contributed by atoms with Crippen LogP contribution >= 0.6 is 15.9 Å². The van der Waals surface area contributed by atoms with Gasteiger partial charge in [-0.05, 0) is 48.0 Å². The summed E-state index contributed by atoms with van der Waals surface area (Å²) in [5.74, 6) is -0.814.